The number of carbonyl (C=O) groups is 1. The zero-order valence-electron chi connectivity index (χ0n) is 7.83. The number of hydrogen-bond donors (Lipinski definition) is 1. The molecule has 3 nitrogen and oxygen atoms in total. The highest BCUT2D eigenvalue weighted by Gasteiger charge is 2.23. The van der Waals surface area contributed by atoms with Crippen molar-refractivity contribution in [1.29, 1.82) is 5.26 Å². The van der Waals surface area contributed by atoms with Crippen molar-refractivity contribution in [3.63, 3.8) is 0 Å². The van der Waals surface area contributed by atoms with Gasteiger partial charge in [-0.2, -0.15) is 5.26 Å². The molecule has 3 heteroatoms. The summed E-state index contributed by atoms with van der Waals surface area (Å²) in [5.41, 5.74) is 0. The standard InChI is InChI=1S/C10H16N2O/c11-7-3-5-9-4-1-2-6-10(9)12-8-13/h8-10H,1-6H2,(H,12,13)/t9-,10+/m0/s1. The Hall–Kier alpha value is -1.04. The predicted octanol–water partition coefficient (Wildman–Crippen LogP) is 1.59. The quantitative estimate of drug-likeness (QED) is 0.668. The maximum absolute atomic E-state index is 10.3. The minimum atomic E-state index is 0.319. The molecule has 0 saturated heterocycles. The van der Waals surface area contributed by atoms with Crippen molar-refractivity contribution in [1.82, 2.24) is 5.32 Å². The van der Waals surface area contributed by atoms with Crippen LogP contribution in [0.1, 0.15) is 38.5 Å². The number of nitriles is 1. The average Bonchev–Trinajstić information content (AvgIpc) is 2.17. The van der Waals surface area contributed by atoms with Crippen LogP contribution in [0, 0.1) is 17.2 Å². The smallest absolute Gasteiger partial charge is 0.207 e. The lowest BCUT2D eigenvalue weighted by Gasteiger charge is -2.30. The monoisotopic (exact) mass is 180 g/mol. The molecule has 1 N–H and O–H groups in total. The SMILES string of the molecule is N#CCC[C@@H]1CCCC[C@H]1NC=O. The summed E-state index contributed by atoms with van der Waals surface area (Å²) in [5, 5.41) is 11.3. The van der Waals surface area contributed by atoms with Gasteiger partial charge in [0.2, 0.25) is 6.41 Å². The highest BCUT2D eigenvalue weighted by atomic mass is 16.1. The number of nitrogens with zero attached hydrogens (tertiary/aromatic N) is 1. The number of amides is 1. The van der Waals surface area contributed by atoms with E-state index in [9.17, 15) is 4.79 Å². The van der Waals surface area contributed by atoms with E-state index in [1.54, 1.807) is 0 Å². The van der Waals surface area contributed by atoms with Gasteiger partial charge in [0.15, 0.2) is 0 Å². The van der Waals surface area contributed by atoms with E-state index in [4.69, 9.17) is 5.26 Å². The second-order valence-electron chi connectivity index (χ2n) is 3.63. The van der Waals surface area contributed by atoms with Crippen LogP contribution in [-0.2, 0) is 4.79 Å². The van der Waals surface area contributed by atoms with Crippen LogP contribution in [-0.4, -0.2) is 12.5 Å². The zero-order valence-corrected chi connectivity index (χ0v) is 7.83. The number of nitrogens with one attached hydrogen (secondary N) is 1. The van der Waals surface area contributed by atoms with Crippen molar-refractivity contribution in [3.05, 3.63) is 0 Å². The van der Waals surface area contributed by atoms with E-state index >= 15 is 0 Å². The molecule has 0 aromatic rings. The summed E-state index contributed by atoms with van der Waals surface area (Å²) < 4.78 is 0. The van der Waals surface area contributed by atoms with Crippen LogP contribution < -0.4 is 5.32 Å². The molecule has 72 valence electrons. The molecule has 0 radical (unpaired) electrons. The number of hydrogen-bond acceptors (Lipinski definition) is 2. The zero-order chi connectivity index (χ0) is 9.52. The Morgan fingerprint density at radius 2 is 2.23 bits per heavy atom. The van der Waals surface area contributed by atoms with Crippen LogP contribution >= 0.6 is 0 Å². The predicted molar refractivity (Wildman–Crippen MR) is 49.8 cm³/mol. The van der Waals surface area contributed by atoms with Crippen molar-refractivity contribution in [2.24, 2.45) is 5.92 Å². The lowest BCUT2D eigenvalue weighted by Crippen LogP contribution is -2.37. The molecule has 0 aliphatic heterocycles. The molecule has 1 amide bonds. The van der Waals surface area contributed by atoms with Crippen molar-refractivity contribution < 1.29 is 4.79 Å². The number of rotatable bonds is 4. The molecule has 0 spiro atoms. The molecule has 2 atom stereocenters. The summed E-state index contributed by atoms with van der Waals surface area (Å²) in [5.74, 6) is 0.526. The van der Waals surface area contributed by atoms with Crippen LogP contribution in [0.5, 0.6) is 0 Å². The Balaban J connectivity index is 2.37. The third kappa shape index (κ3) is 3.06. The van der Waals surface area contributed by atoms with E-state index < -0.39 is 0 Å². The lowest BCUT2D eigenvalue weighted by atomic mass is 9.82. The van der Waals surface area contributed by atoms with Gasteiger partial charge >= 0.3 is 0 Å². The van der Waals surface area contributed by atoms with Crippen molar-refractivity contribution >= 4 is 6.41 Å². The summed E-state index contributed by atoms with van der Waals surface area (Å²) in [6.45, 7) is 0. The molecule has 1 fully saturated rings. The molecule has 1 saturated carbocycles. The van der Waals surface area contributed by atoms with Crippen molar-refractivity contribution in [2.75, 3.05) is 0 Å². The average molecular weight is 180 g/mol. The molecule has 1 aliphatic carbocycles. The first-order valence-electron chi connectivity index (χ1n) is 4.95. The van der Waals surface area contributed by atoms with Crippen molar-refractivity contribution in [2.45, 2.75) is 44.6 Å². The molecule has 1 rings (SSSR count). The van der Waals surface area contributed by atoms with Crippen LogP contribution in [0.3, 0.4) is 0 Å². The molecule has 0 heterocycles. The summed E-state index contributed by atoms with van der Waals surface area (Å²) in [6.07, 6.45) is 7.02. The topological polar surface area (TPSA) is 52.9 Å². The Morgan fingerprint density at radius 1 is 1.46 bits per heavy atom. The van der Waals surface area contributed by atoms with Crippen molar-refractivity contribution in [3.8, 4) is 6.07 Å². The molecule has 0 unspecified atom stereocenters. The largest absolute Gasteiger partial charge is 0.356 e. The molecule has 13 heavy (non-hydrogen) atoms. The van der Waals surface area contributed by atoms with Crippen LogP contribution in [0.4, 0.5) is 0 Å². The van der Waals surface area contributed by atoms with Gasteiger partial charge in [-0.25, -0.2) is 0 Å². The maximum Gasteiger partial charge on any atom is 0.207 e. The second kappa shape index (κ2) is 5.58. The van der Waals surface area contributed by atoms with Gasteiger partial charge in [0.05, 0.1) is 6.07 Å². The second-order valence-corrected chi connectivity index (χ2v) is 3.63. The minimum absolute atomic E-state index is 0.319. The molecule has 0 aromatic heterocycles. The van der Waals surface area contributed by atoms with Crippen LogP contribution in [0.25, 0.3) is 0 Å². The Bertz CT molecular complexity index is 198. The third-order valence-corrected chi connectivity index (χ3v) is 2.82. The first-order valence-corrected chi connectivity index (χ1v) is 4.95. The maximum atomic E-state index is 10.3. The van der Waals surface area contributed by atoms with E-state index in [0.717, 1.165) is 25.7 Å². The van der Waals surface area contributed by atoms with E-state index in [1.165, 1.54) is 12.8 Å². The Labute approximate surface area is 79.1 Å². The fourth-order valence-electron chi connectivity index (χ4n) is 2.11. The van der Waals surface area contributed by atoms with Crippen LogP contribution in [0.2, 0.25) is 0 Å². The summed E-state index contributed by atoms with van der Waals surface area (Å²) in [6, 6.07) is 2.48. The fourth-order valence-corrected chi connectivity index (χ4v) is 2.11. The first kappa shape index (κ1) is 10.0. The highest BCUT2D eigenvalue weighted by Crippen LogP contribution is 2.27. The third-order valence-electron chi connectivity index (χ3n) is 2.82. The first-order chi connectivity index (χ1) is 6.38. The summed E-state index contributed by atoms with van der Waals surface area (Å²) in [7, 11) is 0. The molecule has 1 aliphatic rings. The number of carbonyl (C=O) groups excluding carboxylic acids is 1. The Kier molecular flexibility index (Phi) is 4.31. The van der Waals surface area contributed by atoms with Gasteiger partial charge in [0.1, 0.15) is 0 Å². The molecule has 0 bridgehead atoms. The molecular weight excluding hydrogens is 164 g/mol. The summed E-state index contributed by atoms with van der Waals surface area (Å²) in [4.78, 5) is 10.3. The van der Waals surface area contributed by atoms with E-state index in [2.05, 4.69) is 11.4 Å². The normalized spacial score (nSPS) is 27.6. The van der Waals surface area contributed by atoms with Gasteiger partial charge in [-0.05, 0) is 25.2 Å². The summed E-state index contributed by atoms with van der Waals surface area (Å²) >= 11 is 0. The van der Waals surface area contributed by atoms with Gasteiger partial charge in [0.25, 0.3) is 0 Å². The van der Waals surface area contributed by atoms with E-state index in [1.807, 2.05) is 0 Å². The molecule has 0 aromatic carbocycles. The Morgan fingerprint density at radius 3 is 2.92 bits per heavy atom. The van der Waals surface area contributed by atoms with Gasteiger partial charge in [-0.3, -0.25) is 4.79 Å². The van der Waals surface area contributed by atoms with Gasteiger partial charge in [0, 0.05) is 12.5 Å². The minimum Gasteiger partial charge on any atom is -0.356 e. The van der Waals surface area contributed by atoms with E-state index in [0.29, 0.717) is 18.4 Å². The van der Waals surface area contributed by atoms with E-state index in [-0.39, 0.29) is 0 Å². The highest BCUT2D eigenvalue weighted by molar-refractivity contribution is 5.46. The van der Waals surface area contributed by atoms with Gasteiger partial charge in [-0.15, -0.1) is 0 Å². The molecular formula is C10H16N2O. The lowest BCUT2D eigenvalue weighted by molar-refractivity contribution is -0.110. The van der Waals surface area contributed by atoms with Gasteiger partial charge < -0.3 is 5.32 Å². The van der Waals surface area contributed by atoms with Gasteiger partial charge in [-0.1, -0.05) is 12.8 Å². The fraction of sp³-hybridized carbons (Fsp3) is 0.800. The van der Waals surface area contributed by atoms with Crippen LogP contribution in [0.15, 0.2) is 0 Å².